The van der Waals surface area contributed by atoms with Crippen molar-refractivity contribution >= 4 is 11.6 Å². The summed E-state index contributed by atoms with van der Waals surface area (Å²) in [5, 5.41) is 11.6. The first-order chi connectivity index (χ1) is 17.0. The molecule has 7 heteroatoms. The summed E-state index contributed by atoms with van der Waals surface area (Å²) in [5.74, 6) is -1.92. The normalized spacial score (nSPS) is 49.2. The molecule has 206 valence electrons. The second-order valence-corrected chi connectivity index (χ2v) is 14.5. The van der Waals surface area contributed by atoms with Gasteiger partial charge < -0.3 is 10.0 Å². The van der Waals surface area contributed by atoms with Crippen molar-refractivity contribution in [3.8, 4) is 0 Å². The zero-order chi connectivity index (χ0) is 27.4. The number of halogens is 3. The summed E-state index contributed by atoms with van der Waals surface area (Å²) < 4.78 is 47.7. The monoisotopic (exact) mass is 521 g/mol. The number of nitrogens with zero attached hydrogens (tertiary/aromatic N) is 1. The van der Waals surface area contributed by atoms with E-state index in [0.29, 0.717) is 19.5 Å². The highest BCUT2D eigenvalue weighted by atomic mass is 19.1. The van der Waals surface area contributed by atoms with Crippen LogP contribution >= 0.6 is 0 Å². The Labute approximate surface area is 218 Å². The molecule has 9 atom stereocenters. The Morgan fingerprint density at radius 1 is 1.22 bits per heavy atom. The van der Waals surface area contributed by atoms with Crippen LogP contribution in [0, 0.1) is 38.9 Å². The van der Waals surface area contributed by atoms with Gasteiger partial charge in [-0.15, -0.1) is 0 Å². The fraction of sp³-hybridized carbons (Fsp3) is 0.800. The number of allylic oxidation sites excluding steroid dienone is 4. The van der Waals surface area contributed by atoms with Gasteiger partial charge in [-0.25, -0.2) is 13.2 Å². The van der Waals surface area contributed by atoms with Crippen LogP contribution in [0.5, 0.6) is 0 Å². The van der Waals surface area contributed by atoms with Gasteiger partial charge in [-0.05, 0) is 79.0 Å². The zero-order valence-electron chi connectivity index (χ0n) is 23.0. The number of Topliss-reactive ketones (excluding diaryl/α,β-unsaturated/α-hetero) is 1. The first-order valence-corrected chi connectivity index (χ1v) is 13.8. The Hall–Kier alpha value is -1.47. The topological polar surface area (TPSA) is 57.6 Å². The predicted molar refractivity (Wildman–Crippen MR) is 136 cm³/mol. The molecule has 0 spiro atoms. The van der Waals surface area contributed by atoms with Crippen LogP contribution in [0.1, 0.15) is 67.2 Å². The molecule has 9 unspecified atom stereocenters. The van der Waals surface area contributed by atoms with Crippen LogP contribution in [0.15, 0.2) is 23.8 Å². The number of likely N-dealkylation sites (tertiary alicyclic amines) is 1. The van der Waals surface area contributed by atoms with E-state index < -0.39 is 58.0 Å². The lowest BCUT2D eigenvalue weighted by Crippen LogP contribution is -2.72. The number of hydrogen-bond acceptors (Lipinski definition) is 4. The van der Waals surface area contributed by atoms with E-state index >= 15 is 8.78 Å². The maximum absolute atomic E-state index is 17.6. The van der Waals surface area contributed by atoms with E-state index in [0.717, 1.165) is 13.0 Å². The number of aliphatic hydroxyl groups is 1. The Kier molecular flexibility index (Phi) is 5.88. The number of carbonyl (C=O) groups excluding carboxylic acids is 2. The van der Waals surface area contributed by atoms with Gasteiger partial charge in [0.25, 0.3) is 0 Å². The molecule has 0 aromatic rings. The minimum absolute atomic E-state index is 0.00649. The molecule has 4 fully saturated rings. The maximum Gasteiger partial charge on any atom is 0.178 e. The lowest BCUT2D eigenvalue weighted by atomic mass is 9.38. The van der Waals surface area contributed by atoms with Crippen LogP contribution in [-0.2, 0) is 9.59 Å². The molecular formula is C30H42F3NO3. The summed E-state index contributed by atoms with van der Waals surface area (Å²) in [6, 6.07) is 0. The molecule has 1 N–H and O–H groups in total. The molecule has 3 saturated carbocycles. The van der Waals surface area contributed by atoms with Crippen LogP contribution in [0.4, 0.5) is 13.2 Å². The molecule has 0 radical (unpaired) electrons. The zero-order valence-corrected chi connectivity index (χ0v) is 23.0. The third kappa shape index (κ3) is 3.22. The van der Waals surface area contributed by atoms with Gasteiger partial charge >= 0.3 is 0 Å². The van der Waals surface area contributed by atoms with Crippen molar-refractivity contribution in [2.75, 3.05) is 26.3 Å². The molecule has 0 aromatic carbocycles. The molecule has 1 aliphatic heterocycles. The fourth-order valence-electron chi connectivity index (χ4n) is 9.64. The third-order valence-corrected chi connectivity index (χ3v) is 11.8. The van der Waals surface area contributed by atoms with Gasteiger partial charge in [0.15, 0.2) is 17.2 Å². The Morgan fingerprint density at radius 2 is 1.89 bits per heavy atom. The van der Waals surface area contributed by atoms with E-state index in [1.165, 1.54) is 18.2 Å². The van der Waals surface area contributed by atoms with Crippen LogP contribution in [0.3, 0.4) is 0 Å². The van der Waals surface area contributed by atoms with E-state index in [2.05, 4.69) is 25.7 Å². The molecule has 37 heavy (non-hydrogen) atoms. The van der Waals surface area contributed by atoms with E-state index in [1.807, 2.05) is 13.8 Å². The number of aliphatic hydroxyl groups excluding tert-OH is 1. The number of ketones is 2. The van der Waals surface area contributed by atoms with Crippen molar-refractivity contribution in [1.82, 2.24) is 4.90 Å². The molecule has 5 aliphatic rings. The minimum atomic E-state index is -2.21. The number of rotatable bonds is 4. The highest BCUT2D eigenvalue weighted by Crippen LogP contribution is 2.79. The first-order valence-electron chi connectivity index (χ1n) is 13.8. The standard InChI is InChI=1S/C30H42F3NO3/c1-25(2,3)9-10-34-16-18-13-27(5)22-12-21(32)20-11-19(35)7-8-26(20,4)30(22,33)23(36)14-28(27,6)29(18,17-34)24(37)15-31/h7-8,11,18,21-23,36H,9-10,12-17H2,1-6H3. The highest BCUT2D eigenvalue weighted by molar-refractivity contribution is 6.01. The molecular weight excluding hydrogens is 479 g/mol. The number of alkyl halides is 3. The molecule has 5 rings (SSSR count). The lowest BCUT2D eigenvalue weighted by Gasteiger charge is -2.67. The smallest absolute Gasteiger partial charge is 0.178 e. The van der Waals surface area contributed by atoms with Gasteiger partial charge in [-0.3, -0.25) is 9.59 Å². The van der Waals surface area contributed by atoms with Gasteiger partial charge in [0, 0.05) is 24.4 Å². The van der Waals surface area contributed by atoms with Gasteiger partial charge in [-0.2, -0.15) is 0 Å². The summed E-state index contributed by atoms with van der Waals surface area (Å²) in [5.41, 5.74) is -6.28. The average molecular weight is 522 g/mol. The molecule has 4 aliphatic carbocycles. The molecule has 4 nitrogen and oxygen atoms in total. The van der Waals surface area contributed by atoms with Crippen molar-refractivity contribution < 1.29 is 27.9 Å². The van der Waals surface area contributed by atoms with Crippen LogP contribution in [-0.4, -0.2) is 65.8 Å². The quantitative estimate of drug-likeness (QED) is 0.553. The largest absolute Gasteiger partial charge is 0.390 e. The summed E-state index contributed by atoms with van der Waals surface area (Å²) in [4.78, 5) is 27.9. The maximum atomic E-state index is 17.6. The Bertz CT molecular complexity index is 1080. The highest BCUT2D eigenvalue weighted by Gasteiger charge is 2.82. The van der Waals surface area contributed by atoms with E-state index in [9.17, 15) is 19.1 Å². The Morgan fingerprint density at radius 3 is 2.51 bits per heavy atom. The Balaban J connectivity index is 1.60. The van der Waals surface area contributed by atoms with Gasteiger partial charge in [0.2, 0.25) is 0 Å². The molecule has 0 bridgehead atoms. The predicted octanol–water partition coefficient (Wildman–Crippen LogP) is 5.20. The summed E-state index contributed by atoms with van der Waals surface area (Å²) in [6.45, 7) is 12.6. The van der Waals surface area contributed by atoms with Gasteiger partial charge in [0.1, 0.15) is 12.8 Å². The summed E-state index contributed by atoms with van der Waals surface area (Å²) >= 11 is 0. The molecule has 0 amide bonds. The molecule has 1 heterocycles. The lowest BCUT2D eigenvalue weighted by molar-refractivity contribution is -0.242. The second-order valence-electron chi connectivity index (χ2n) is 14.5. The average Bonchev–Trinajstić information content (AvgIpc) is 3.26. The van der Waals surface area contributed by atoms with Crippen molar-refractivity contribution in [3.63, 3.8) is 0 Å². The van der Waals surface area contributed by atoms with Crippen LogP contribution < -0.4 is 0 Å². The number of carbonyl (C=O) groups is 2. The second kappa shape index (κ2) is 8.03. The SMILES string of the molecule is CC(C)(C)CCN1CC2CC3(C)C4CC(F)C5=CC(=O)C=CC5(C)C4(F)C(O)CC3(C)C2(C(=O)CF)C1. The molecule has 1 saturated heterocycles. The van der Waals surface area contributed by atoms with E-state index in [4.69, 9.17) is 0 Å². The van der Waals surface area contributed by atoms with Gasteiger partial charge in [0.05, 0.1) is 11.5 Å². The summed E-state index contributed by atoms with van der Waals surface area (Å²) in [6.07, 6.45) is 2.12. The van der Waals surface area contributed by atoms with E-state index in [1.54, 1.807) is 6.92 Å². The number of hydrogen-bond donors (Lipinski definition) is 1. The number of fused-ring (bicyclic) bond motifs is 7. The molecule has 0 aromatic heterocycles. The minimum Gasteiger partial charge on any atom is -0.390 e. The van der Waals surface area contributed by atoms with Crippen molar-refractivity contribution in [2.45, 2.75) is 85.2 Å². The van der Waals surface area contributed by atoms with Crippen molar-refractivity contribution in [3.05, 3.63) is 23.8 Å². The fourth-order valence-corrected chi connectivity index (χ4v) is 9.64. The van der Waals surface area contributed by atoms with E-state index in [-0.39, 0.29) is 35.5 Å². The van der Waals surface area contributed by atoms with Crippen LogP contribution in [0.2, 0.25) is 0 Å². The van der Waals surface area contributed by atoms with Crippen molar-refractivity contribution in [2.24, 2.45) is 38.9 Å². The van der Waals surface area contributed by atoms with Gasteiger partial charge in [-0.1, -0.05) is 40.7 Å². The van der Waals surface area contributed by atoms with Crippen molar-refractivity contribution in [1.29, 1.82) is 0 Å². The van der Waals surface area contributed by atoms with Crippen LogP contribution in [0.25, 0.3) is 0 Å². The first kappa shape index (κ1) is 27.1. The third-order valence-electron chi connectivity index (χ3n) is 11.8. The summed E-state index contributed by atoms with van der Waals surface area (Å²) in [7, 11) is 0.